The summed E-state index contributed by atoms with van der Waals surface area (Å²) < 4.78 is 2.13. The van der Waals surface area contributed by atoms with E-state index >= 15 is 0 Å². The van der Waals surface area contributed by atoms with E-state index in [0.29, 0.717) is 30.8 Å². The molecule has 0 aliphatic heterocycles. The third-order valence-corrected chi connectivity index (χ3v) is 5.91. The van der Waals surface area contributed by atoms with Gasteiger partial charge in [0.25, 0.3) is 11.6 Å². The summed E-state index contributed by atoms with van der Waals surface area (Å²) in [6.07, 6.45) is 2.01. The van der Waals surface area contributed by atoms with Crippen LogP contribution in [0.4, 0.5) is 5.69 Å². The van der Waals surface area contributed by atoms with Crippen LogP contribution < -0.4 is 0 Å². The van der Waals surface area contributed by atoms with Gasteiger partial charge in [-0.2, -0.15) is 0 Å². The van der Waals surface area contributed by atoms with Crippen molar-refractivity contribution in [2.24, 2.45) is 0 Å². The zero-order valence-corrected chi connectivity index (χ0v) is 19.3. The van der Waals surface area contributed by atoms with Crippen molar-refractivity contribution in [2.75, 3.05) is 0 Å². The average molecular weight is 454 g/mol. The molecule has 0 fully saturated rings. The molecule has 0 bridgehead atoms. The van der Waals surface area contributed by atoms with Crippen LogP contribution in [0.1, 0.15) is 38.3 Å². The molecule has 3 aromatic carbocycles. The van der Waals surface area contributed by atoms with E-state index in [1.807, 2.05) is 48.7 Å². The maximum Gasteiger partial charge on any atom is 0.273 e. The number of carbonyl (C=O) groups excluding carboxylic acids is 1. The van der Waals surface area contributed by atoms with Crippen molar-refractivity contribution in [3.8, 4) is 0 Å². The van der Waals surface area contributed by atoms with Crippen LogP contribution in [0.25, 0.3) is 0 Å². The number of hydrogen-bond donors (Lipinski definition) is 0. The molecule has 0 N–H and O–H groups in total. The fraction of sp³-hybridized carbons (Fsp3) is 0.179. The Balaban J connectivity index is 1.63. The number of aryl methyl sites for hydroxylation is 2. The highest BCUT2D eigenvalue weighted by Gasteiger charge is 2.21. The lowest BCUT2D eigenvalue weighted by molar-refractivity contribution is -0.385. The lowest BCUT2D eigenvalue weighted by Crippen LogP contribution is -2.31. The lowest BCUT2D eigenvalue weighted by atomic mass is 10.1. The second kappa shape index (κ2) is 10.2. The minimum absolute atomic E-state index is 0.0479. The molecule has 1 amide bonds. The van der Waals surface area contributed by atoms with E-state index in [1.54, 1.807) is 24.0 Å². The van der Waals surface area contributed by atoms with Crippen LogP contribution in [0.5, 0.6) is 0 Å². The molecule has 0 aliphatic carbocycles. The van der Waals surface area contributed by atoms with Crippen molar-refractivity contribution >= 4 is 11.6 Å². The Kier molecular flexibility index (Phi) is 6.87. The molecule has 0 saturated heterocycles. The first-order valence-corrected chi connectivity index (χ1v) is 11.2. The van der Waals surface area contributed by atoms with E-state index in [2.05, 4.69) is 35.8 Å². The Morgan fingerprint density at radius 3 is 2.32 bits per heavy atom. The molecule has 6 heteroatoms. The zero-order valence-electron chi connectivity index (χ0n) is 19.3. The van der Waals surface area contributed by atoms with Gasteiger partial charge in [0.2, 0.25) is 0 Å². The van der Waals surface area contributed by atoms with Gasteiger partial charge in [0, 0.05) is 42.2 Å². The SMILES string of the molecule is Cc1ccc(Cn2cccc2CN(Cc2ccccc2)C(=O)c2ccc(C)c([N+](=O)[O-])c2)cc1. The van der Waals surface area contributed by atoms with Gasteiger partial charge in [0.15, 0.2) is 0 Å². The largest absolute Gasteiger partial charge is 0.345 e. The maximum absolute atomic E-state index is 13.6. The molecule has 0 atom stereocenters. The maximum atomic E-state index is 13.6. The second-order valence-corrected chi connectivity index (χ2v) is 8.52. The number of amides is 1. The van der Waals surface area contributed by atoms with Crippen molar-refractivity contribution in [2.45, 2.75) is 33.5 Å². The van der Waals surface area contributed by atoms with Crippen LogP contribution >= 0.6 is 0 Å². The quantitative estimate of drug-likeness (QED) is 0.246. The molecule has 0 saturated carbocycles. The highest BCUT2D eigenvalue weighted by Crippen LogP contribution is 2.22. The summed E-state index contributed by atoms with van der Waals surface area (Å²) in [5, 5.41) is 11.4. The smallest absolute Gasteiger partial charge is 0.273 e. The number of nitrogens with zero attached hydrogens (tertiary/aromatic N) is 3. The number of rotatable bonds is 8. The number of hydrogen-bond acceptors (Lipinski definition) is 3. The molecule has 0 aliphatic rings. The highest BCUT2D eigenvalue weighted by molar-refractivity contribution is 5.95. The molecule has 1 aromatic heterocycles. The van der Waals surface area contributed by atoms with E-state index in [-0.39, 0.29) is 11.6 Å². The van der Waals surface area contributed by atoms with Gasteiger partial charge in [0.1, 0.15) is 0 Å². The molecule has 0 radical (unpaired) electrons. The van der Waals surface area contributed by atoms with Crippen molar-refractivity contribution < 1.29 is 9.72 Å². The van der Waals surface area contributed by atoms with Gasteiger partial charge in [-0.3, -0.25) is 14.9 Å². The standard InChI is InChI=1S/C28H27N3O3/c1-21-10-13-24(14-11-21)18-29-16-6-9-26(29)20-30(19-23-7-4-3-5-8-23)28(32)25-15-12-22(2)27(17-25)31(33)34/h3-17H,18-20H2,1-2H3. The Labute approximate surface area is 199 Å². The van der Waals surface area contributed by atoms with E-state index in [9.17, 15) is 14.9 Å². The first-order valence-electron chi connectivity index (χ1n) is 11.2. The summed E-state index contributed by atoms with van der Waals surface area (Å²) in [6.45, 7) is 5.22. The molecule has 4 aromatic rings. The minimum Gasteiger partial charge on any atom is -0.345 e. The summed E-state index contributed by atoms with van der Waals surface area (Å²) in [4.78, 5) is 26.3. The predicted molar refractivity (Wildman–Crippen MR) is 133 cm³/mol. The van der Waals surface area contributed by atoms with Gasteiger partial charge < -0.3 is 9.47 Å². The Morgan fingerprint density at radius 2 is 1.62 bits per heavy atom. The van der Waals surface area contributed by atoms with Crippen LogP contribution in [-0.2, 0) is 19.6 Å². The van der Waals surface area contributed by atoms with Crippen molar-refractivity contribution in [1.29, 1.82) is 0 Å². The number of nitro benzene ring substituents is 1. The molecule has 6 nitrogen and oxygen atoms in total. The van der Waals surface area contributed by atoms with Gasteiger partial charge in [-0.25, -0.2) is 0 Å². The fourth-order valence-corrected chi connectivity index (χ4v) is 3.96. The summed E-state index contributed by atoms with van der Waals surface area (Å²) in [7, 11) is 0. The number of nitro groups is 1. The summed E-state index contributed by atoms with van der Waals surface area (Å²) in [6, 6.07) is 26.8. The van der Waals surface area contributed by atoms with Crippen molar-refractivity contribution in [3.63, 3.8) is 0 Å². The number of benzene rings is 3. The third kappa shape index (κ3) is 5.41. The van der Waals surface area contributed by atoms with E-state index in [4.69, 9.17) is 0 Å². The average Bonchev–Trinajstić information content (AvgIpc) is 3.27. The number of aromatic nitrogens is 1. The zero-order chi connectivity index (χ0) is 24.1. The molecule has 172 valence electrons. The lowest BCUT2D eigenvalue weighted by Gasteiger charge is -2.24. The summed E-state index contributed by atoms with van der Waals surface area (Å²) in [5.41, 5.74) is 5.17. The highest BCUT2D eigenvalue weighted by atomic mass is 16.6. The molecule has 1 heterocycles. The van der Waals surface area contributed by atoms with Crippen LogP contribution in [0, 0.1) is 24.0 Å². The molecule has 0 spiro atoms. The van der Waals surface area contributed by atoms with E-state index in [1.165, 1.54) is 17.2 Å². The van der Waals surface area contributed by atoms with E-state index < -0.39 is 4.92 Å². The Hall–Kier alpha value is -4.19. The van der Waals surface area contributed by atoms with E-state index in [0.717, 1.165) is 11.3 Å². The second-order valence-electron chi connectivity index (χ2n) is 8.52. The van der Waals surface area contributed by atoms with Crippen molar-refractivity contribution in [1.82, 2.24) is 9.47 Å². The molecular weight excluding hydrogens is 426 g/mol. The van der Waals surface area contributed by atoms with Gasteiger partial charge in [-0.05, 0) is 43.2 Å². The molecular formula is C28H27N3O3. The molecule has 4 rings (SSSR count). The summed E-state index contributed by atoms with van der Waals surface area (Å²) >= 11 is 0. The minimum atomic E-state index is -0.444. The molecule has 0 unspecified atom stereocenters. The summed E-state index contributed by atoms with van der Waals surface area (Å²) in [5.74, 6) is -0.241. The van der Waals surface area contributed by atoms with Gasteiger partial charge >= 0.3 is 0 Å². The topological polar surface area (TPSA) is 68.4 Å². The van der Waals surface area contributed by atoms with Gasteiger partial charge in [-0.1, -0.05) is 66.2 Å². The number of carbonyl (C=O) groups is 1. The predicted octanol–water partition coefficient (Wildman–Crippen LogP) is 5.90. The Bertz CT molecular complexity index is 1290. The van der Waals surface area contributed by atoms with Crippen LogP contribution in [0.2, 0.25) is 0 Å². The monoisotopic (exact) mass is 453 g/mol. The first kappa shape index (κ1) is 23.0. The van der Waals surface area contributed by atoms with Gasteiger partial charge in [0.05, 0.1) is 11.5 Å². The first-order chi connectivity index (χ1) is 16.4. The van der Waals surface area contributed by atoms with Crippen LogP contribution in [-0.4, -0.2) is 20.3 Å². The fourth-order valence-electron chi connectivity index (χ4n) is 3.96. The molecule has 34 heavy (non-hydrogen) atoms. The van der Waals surface area contributed by atoms with Crippen LogP contribution in [0.3, 0.4) is 0 Å². The van der Waals surface area contributed by atoms with Crippen molar-refractivity contribution in [3.05, 3.63) is 135 Å². The third-order valence-electron chi connectivity index (χ3n) is 5.91. The Morgan fingerprint density at radius 1 is 0.882 bits per heavy atom. The van der Waals surface area contributed by atoms with Gasteiger partial charge in [-0.15, -0.1) is 0 Å². The normalized spacial score (nSPS) is 10.8. The van der Waals surface area contributed by atoms with Crippen LogP contribution in [0.15, 0.2) is 91.1 Å².